The van der Waals surface area contributed by atoms with Crippen LogP contribution in [0.4, 0.5) is 27.6 Å². The maximum atomic E-state index is 15.9. The topological polar surface area (TPSA) is 80.0 Å². The number of halogens is 5. The molecule has 5 rings (SSSR count). The van der Waals surface area contributed by atoms with E-state index < -0.39 is 41.0 Å². The van der Waals surface area contributed by atoms with Crippen molar-refractivity contribution in [3.8, 4) is 11.8 Å². The smallest absolute Gasteiger partial charge is 0.323 e. The maximum Gasteiger partial charge on any atom is 0.323 e. The van der Waals surface area contributed by atoms with Crippen molar-refractivity contribution in [3.63, 3.8) is 0 Å². The predicted molar refractivity (Wildman–Crippen MR) is 134 cm³/mol. The van der Waals surface area contributed by atoms with Crippen molar-refractivity contribution >= 4 is 5.69 Å². The lowest BCUT2D eigenvalue weighted by Crippen LogP contribution is -2.48. The molecule has 206 valence electrons. The van der Waals surface area contributed by atoms with Gasteiger partial charge in [0.1, 0.15) is 29.5 Å². The SMILES string of the molecule is OC(Cn1cnnn1)(c1ccc(F)cc1F)C(F)(F)c1ccc(C#CC2CCN(c3ccc(F)cc3)CC2)cn1. The number of pyridine rings is 1. The van der Waals surface area contributed by atoms with Crippen molar-refractivity contribution in [2.45, 2.75) is 30.9 Å². The number of rotatable bonds is 6. The van der Waals surface area contributed by atoms with Gasteiger partial charge in [0.05, 0.1) is 6.54 Å². The fourth-order valence-electron chi connectivity index (χ4n) is 4.65. The van der Waals surface area contributed by atoms with Crippen LogP contribution < -0.4 is 4.90 Å². The van der Waals surface area contributed by atoms with E-state index in [9.17, 15) is 18.3 Å². The fraction of sp³-hybridized carbons (Fsp3) is 0.286. The van der Waals surface area contributed by atoms with E-state index in [2.05, 4.69) is 37.3 Å². The van der Waals surface area contributed by atoms with E-state index in [4.69, 9.17) is 0 Å². The highest BCUT2D eigenvalue weighted by Gasteiger charge is 2.58. The van der Waals surface area contributed by atoms with Gasteiger partial charge in [-0.2, -0.15) is 8.78 Å². The van der Waals surface area contributed by atoms with Crippen molar-refractivity contribution in [1.29, 1.82) is 0 Å². The molecule has 2 aromatic heterocycles. The largest absolute Gasteiger partial charge is 0.377 e. The van der Waals surface area contributed by atoms with Crippen molar-refractivity contribution in [2.24, 2.45) is 5.92 Å². The Kier molecular flexibility index (Phi) is 7.49. The summed E-state index contributed by atoms with van der Waals surface area (Å²) in [4.78, 5) is 5.98. The second kappa shape index (κ2) is 11.0. The molecule has 4 aromatic rings. The molecular formula is C28H23F5N6O. The lowest BCUT2D eigenvalue weighted by Gasteiger charge is -2.35. The Bertz CT molecular complexity index is 1510. The first-order chi connectivity index (χ1) is 19.2. The van der Waals surface area contributed by atoms with Crippen molar-refractivity contribution in [1.82, 2.24) is 25.2 Å². The number of hydrogen-bond acceptors (Lipinski definition) is 6. The van der Waals surface area contributed by atoms with E-state index >= 15 is 8.78 Å². The number of anilines is 1. The first-order valence-electron chi connectivity index (χ1n) is 12.4. The second-order valence-electron chi connectivity index (χ2n) is 9.51. The quantitative estimate of drug-likeness (QED) is 0.281. The minimum atomic E-state index is -4.14. The van der Waals surface area contributed by atoms with Gasteiger partial charge in [-0.05, 0) is 71.8 Å². The van der Waals surface area contributed by atoms with Gasteiger partial charge in [0.15, 0.2) is 5.60 Å². The molecule has 3 heterocycles. The molecule has 1 saturated heterocycles. The molecule has 0 bridgehead atoms. The molecule has 1 N–H and O–H groups in total. The van der Waals surface area contributed by atoms with Crippen molar-refractivity contribution in [3.05, 3.63) is 101 Å². The number of nitrogens with zero attached hydrogens (tertiary/aromatic N) is 6. The molecule has 1 atom stereocenters. The van der Waals surface area contributed by atoms with Crippen LogP contribution >= 0.6 is 0 Å². The van der Waals surface area contributed by atoms with Gasteiger partial charge in [0.2, 0.25) is 0 Å². The first-order valence-corrected chi connectivity index (χ1v) is 12.4. The lowest BCUT2D eigenvalue weighted by molar-refractivity contribution is -0.207. The number of tetrazole rings is 1. The first kappa shape index (κ1) is 27.2. The van der Waals surface area contributed by atoms with Crippen LogP contribution in [0, 0.1) is 35.2 Å². The summed E-state index contributed by atoms with van der Waals surface area (Å²) >= 11 is 0. The number of aliphatic hydroxyl groups is 1. The Morgan fingerprint density at radius 2 is 1.68 bits per heavy atom. The van der Waals surface area contributed by atoms with Crippen LogP contribution in [0.5, 0.6) is 0 Å². The molecule has 0 spiro atoms. The summed E-state index contributed by atoms with van der Waals surface area (Å²) in [5.74, 6) is -0.587. The van der Waals surface area contributed by atoms with Crippen LogP contribution in [-0.2, 0) is 18.1 Å². The average molecular weight is 555 g/mol. The van der Waals surface area contributed by atoms with Crippen molar-refractivity contribution in [2.75, 3.05) is 18.0 Å². The van der Waals surface area contributed by atoms with E-state index in [-0.39, 0.29) is 11.7 Å². The highest BCUT2D eigenvalue weighted by atomic mass is 19.3. The van der Waals surface area contributed by atoms with Gasteiger partial charge in [0, 0.05) is 48.1 Å². The Hall–Kier alpha value is -4.37. The standard InChI is InChI=1S/C28H23F5N6O/c29-21-4-7-23(8-5-21)38-13-11-19(12-14-38)1-2-20-3-10-26(34-16-20)28(32,33)27(40,17-39-18-35-36-37-39)24-9-6-22(30)15-25(24)31/h3-10,15-16,18-19,40H,11-14,17H2. The molecule has 0 amide bonds. The summed E-state index contributed by atoms with van der Waals surface area (Å²) in [6, 6.07) is 10.6. The van der Waals surface area contributed by atoms with E-state index in [0.29, 0.717) is 11.6 Å². The van der Waals surface area contributed by atoms with Gasteiger partial charge in [0.25, 0.3) is 0 Å². The summed E-state index contributed by atoms with van der Waals surface area (Å²) in [6.45, 7) is 0.553. The molecular weight excluding hydrogens is 531 g/mol. The number of hydrogen-bond donors (Lipinski definition) is 1. The fourth-order valence-corrected chi connectivity index (χ4v) is 4.65. The van der Waals surface area contributed by atoms with Crippen LogP contribution in [0.1, 0.15) is 29.7 Å². The Labute approximate surface area is 226 Å². The van der Waals surface area contributed by atoms with Crippen LogP contribution in [0.2, 0.25) is 0 Å². The van der Waals surface area contributed by atoms with Gasteiger partial charge >= 0.3 is 5.92 Å². The second-order valence-corrected chi connectivity index (χ2v) is 9.51. The number of benzene rings is 2. The molecule has 12 heteroatoms. The average Bonchev–Trinajstić information content (AvgIpc) is 3.45. The van der Waals surface area contributed by atoms with E-state index in [0.717, 1.165) is 67.0 Å². The van der Waals surface area contributed by atoms with E-state index in [1.807, 2.05) is 0 Å². The Balaban J connectivity index is 1.33. The molecule has 0 radical (unpaired) electrons. The van der Waals surface area contributed by atoms with E-state index in [1.54, 1.807) is 12.1 Å². The molecule has 0 saturated carbocycles. The minimum Gasteiger partial charge on any atom is -0.377 e. The Morgan fingerprint density at radius 3 is 2.30 bits per heavy atom. The van der Waals surface area contributed by atoms with Crippen LogP contribution in [0.25, 0.3) is 0 Å². The minimum absolute atomic E-state index is 0.0839. The van der Waals surface area contributed by atoms with E-state index in [1.165, 1.54) is 18.2 Å². The number of piperidine rings is 1. The monoisotopic (exact) mass is 554 g/mol. The van der Waals surface area contributed by atoms with Gasteiger partial charge in [-0.3, -0.25) is 4.98 Å². The van der Waals surface area contributed by atoms with Crippen LogP contribution in [0.15, 0.2) is 67.1 Å². The van der Waals surface area contributed by atoms with Crippen LogP contribution in [-0.4, -0.2) is 43.4 Å². The lowest BCUT2D eigenvalue weighted by atomic mass is 9.84. The molecule has 1 unspecified atom stereocenters. The molecule has 2 aromatic carbocycles. The molecule has 40 heavy (non-hydrogen) atoms. The van der Waals surface area contributed by atoms with Crippen LogP contribution in [0.3, 0.4) is 0 Å². The zero-order chi connectivity index (χ0) is 28.3. The molecule has 0 aliphatic carbocycles. The summed E-state index contributed by atoms with van der Waals surface area (Å²) in [5.41, 5.74) is -3.57. The molecule has 7 nitrogen and oxygen atoms in total. The zero-order valence-corrected chi connectivity index (χ0v) is 21.0. The highest BCUT2D eigenvalue weighted by molar-refractivity contribution is 5.47. The van der Waals surface area contributed by atoms with Gasteiger partial charge in [-0.25, -0.2) is 17.9 Å². The highest BCUT2D eigenvalue weighted by Crippen LogP contribution is 2.46. The molecule has 1 fully saturated rings. The third-order valence-electron chi connectivity index (χ3n) is 6.87. The summed E-state index contributed by atoms with van der Waals surface area (Å²) in [6.07, 6.45) is 3.70. The molecule has 1 aliphatic rings. The summed E-state index contributed by atoms with van der Waals surface area (Å²) < 4.78 is 73.9. The third kappa shape index (κ3) is 5.51. The van der Waals surface area contributed by atoms with Gasteiger partial charge in [-0.1, -0.05) is 11.8 Å². The third-order valence-corrected chi connectivity index (χ3v) is 6.87. The van der Waals surface area contributed by atoms with Crippen molar-refractivity contribution < 1.29 is 27.1 Å². The summed E-state index contributed by atoms with van der Waals surface area (Å²) in [7, 11) is 0. The predicted octanol–water partition coefficient (Wildman–Crippen LogP) is 4.43. The van der Waals surface area contributed by atoms with Gasteiger partial charge in [-0.15, -0.1) is 5.10 Å². The Morgan fingerprint density at radius 1 is 0.950 bits per heavy atom. The normalized spacial score (nSPS) is 15.8. The maximum absolute atomic E-state index is 15.9. The van der Waals surface area contributed by atoms with Gasteiger partial charge < -0.3 is 10.0 Å². The molecule has 1 aliphatic heterocycles. The summed E-state index contributed by atoms with van der Waals surface area (Å²) in [5, 5.41) is 21.5. The zero-order valence-electron chi connectivity index (χ0n) is 21.0. The number of alkyl halides is 2. The number of aromatic nitrogens is 5.